The molecule has 0 bridgehead atoms. The van der Waals surface area contributed by atoms with E-state index in [9.17, 15) is 18.8 Å². The third-order valence-electron chi connectivity index (χ3n) is 5.22. The molecular formula is C21H20FN3O3. The molecule has 0 aromatic heterocycles. The first-order valence-electron chi connectivity index (χ1n) is 9.23. The van der Waals surface area contributed by atoms with E-state index < -0.39 is 17.8 Å². The number of carbonyl (C=O) groups excluding carboxylic acids is 3. The highest BCUT2D eigenvalue weighted by atomic mass is 19.1. The molecule has 0 radical (unpaired) electrons. The number of nitrogens with one attached hydrogen (secondary N) is 1. The number of halogens is 1. The molecule has 2 aromatic rings. The second kappa shape index (κ2) is 7.42. The number of hydrogen-bond donors (Lipinski definition) is 1. The third kappa shape index (κ3) is 3.35. The Morgan fingerprint density at radius 1 is 1.04 bits per heavy atom. The van der Waals surface area contributed by atoms with Crippen molar-refractivity contribution >= 4 is 23.4 Å². The van der Waals surface area contributed by atoms with Crippen LogP contribution in [0.3, 0.4) is 0 Å². The molecular weight excluding hydrogens is 361 g/mol. The van der Waals surface area contributed by atoms with E-state index in [1.807, 2.05) is 30.3 Å². The zero-order chi connectivity index (χ0) is 19.7. The van der Waals surface area contributed by atoms with Crippen molar-refractivity contribution in [1.82, 2.24) is 10.2 Å². The summed E-state index contributed by atoms with van der Waals surface area (Å²) in [6.45, 7) is 0.990. The molecule has 2 fully saturated rings. The van der Waals surface area contributed by atoms with Gasteiger partial charge >= 0.3 is 0 Å². The first-order chi connectivity index (χ1) is 13.5. The van der Waals surface area contributed by atoms with Gasteiger partial charge in [0.15, 0.2) is 0 Å². The Kier molecular flexibility index (Phi) is 4.81. The van der Waals surface area contributed by atoms with E-state index in [1.165, 1.54) is 29.2 Å². The summed E-state index contributed by atoms with van der Waals surface area (Å²) in [6, 6.07) is 14.0. The molecule has 2 atom stereocenters. The standard InChI is InChI=1S/C21H20FN3O3/c22-16-8-6-14(7-9-16)19-20(27)23-10-11-24(19)21(28)15-12-18(26)25(13-15)17-4-2-1-3-5-17/h1-9,15,19H,10-13H2,(H,23,27). The smallest absolute Gasteiger partial charge is 0.247 e. The minimum atomic E-state index is -0.817. The number of piperazine rings is 1. The van der Waals surface area contributed by atoms with E-state index in [0.717, 1.165) is 5.69 Å². The molecule has 4 rings (SSSR count). The number of carbonyl (C=O) groups is 3. The van der Waals surface area contributed by atoms with Crippen LogP contribution in [0.1, 0.15) is 18.0 Å². The molecule has 3 amide bonds. The van der Waals surface area contributed by atoms with E-state index in [-0.39, 0.29) is 30.7 Å². The van der Waals surface area contributed by atoms with Gasteiger partial charge in [-0.05, 0) is 29.8 Å². The van der Waals surface area contributed by atoms with Crippen molar-refractivity contribution in [3.05, 3.63) is 66.0 Å². The monoisotopic (exact) mass is 381 g/mol. The predicted octanol–water partition coefficient (Wildman–Crippen LogP) is 1.88. The lowest BCUT2D eigenvalue weighted by Crippen LogP contribution is -2.53. The van der Waals surface area contributed by atoms with Gasteiger partial charge in [0.05, 0.1) is 5.92 Å². The molecule has 2 saturated heterocycles. The van der Waals surface area contributed by atoms with Gasteiger partial charge in [-0.3, -0.25) is 14.4 Å². The number of hydrogen-bond acceptors (Lipinski definition) is 3. The number of amides is 3. The average molecular weight is 381 g/mol. The molecule has 2 unspecified atom stereocenters. The summed E-state index contributed by atoms with van der Waals surface area (Å²) < 4.78 is 13.3. The first kappa shape index (κ1) is 18.2. The van der Waals surface area contributed by atoms with Crippen LogP contribution in [0.5, 0.6) is 0 Å². The summed E-state index contributed by atoms with van der Waals surface area (Å²) in [6.07, 6.45) is 0.113. The molecule has 1 N–H and O–H groups in total. The van der Waals surface area contributed by atoms with Crippen LogP contribution in [0, 0.1) is 11.7 Å². The fourth-order valence-electron chi connectivity index (χ4n) is 3.85. The summed E-state index contributed by atoms with van der Waals surface area (Å²) in [5.74, 6) is -1.55. The first-order valence-corrected chi connectivity index (χ1v) is 9.23. The van der Waals surface area contributed by atoms with Crippen LogP contribution in [0.25, 0.3) is 0 Å². The lowest BCUT2D eigenvalue weighted by Gasteiger charge is -2.36. The zero-order valence-corrected chi connectivity index (χ0v) is 15.2. The van der Waals surface area contributed by atoms with Crippen LogP contribution in [0.2, 0.25) is 0 Å². The summed E-state index contributed by atoms with van der Waals surface area (Å²) in [5.41, 5.74) is 1.31. The summed E-state index contributed by atoms with van der Waals surface area (Å²) in [5, 5.41) is 2.76. The van der Waals surface area contributed by atoms with Gasteiger partial charge < -0.3 is 15.1 Å². The molecule has 2 heterocycles. The molecule has 2 aromatic carbocycles. The average Bonchev–Trinajstić information content (AvgIpc) is 3.10. The predicted molar refractivity (Wildman–Crippen MR) is 101 cm³/mol. The molecule has 6 nitrogen and oxygen atoms in total. The number of anilines is 1. The minimum Gasteiger partial charge on any atom is -0.352 e. The molecule has 28 heavy (non-hydrogen) atoms. The van der Waals surface area contributed by atoms with E-state index in [0.29, 0.717) is 18.7 Å². The van der Waals surface area contributed by atoms with Crippen molar-refractivity contribution in [2.45, 2.75) is 12.5 Å². The van der Waals surface area contributed by atoms with Gasteiger partial charge in [-0.1, -0.05) is 30.3 Å². The highest BCUT2D eigenvalue weighted by molar-refractivity contribution is 6.01. The van der Waals surface area contributed by atoms with Gasteiger partial charge in [0.2, 0.25) is 17.7 Å². The maximum atomic E-state index is 13.3. The number of nitrogens with zero attached hydrogens (tertiary/aromatic N) is 2. The van der Waals surface area contributed by atoms with Crippen LogP contribution in [-0.2, 0) is 14.4 Å². The minimum absolute atomic E-state index is 0.107. The fraction of sp³-hybridized carbons (Fsp3) is 0.286. The third-order valence-corrected chi connectivity index (χ3v) is 5.22. The number of benzene rings is 2. The van der Waals surface area contributed by atoms with E-state index in [2.05, 4.69) is 5.32 Å². The van der Waals surface area contributed by atoms with Crippen molar-refractivity contribution in [3.63, 3.8) is 0 Å². The Hall–Kier alpha value is -3.22. The van der Waals surface area contributed by atoms with Crippen LogP contribution in [0.4, 0.5) is 10.1 Å². The number of para-hydroxylation sites is 1. The quantitative estimate of drug-likeness (QED) is 0.883. The summed E-state index contributed by atoms with van der Waals surface area (Å²) in [4.78, 5) is 41.3. The molecule has 0 spiro atoms. The Morgan fingerprint density at radius 3 is 2.46 bits per heavy atom. The van der Waals surface area contributed by atoms with E-state index in [4.69, 9.17) is 0 Å². The number of rotatable bonds is 3. The second-order valence-corrected chi connectivity index (χ2v) is 7.02. The van der Waals surface area contributed by atoms with Gasteiger partial charge in [-0.25, -0.2) is 4.39 Å². The Morgan fingerprint density at radius 2 is 1.75 bits per heavy atom. The summed E-state index contributed by atoms with van der Waals surface area (Å²) >= 11 is 0. The Labute approximate surface area is 161 Å². The molecule has 0 aliphatic carbocycles. The van der Waals surface area contributed by atoms with Gasteiger partial charge in [0.1, 0.15) is 11.9 Å². The maximum absolute atomic E-state index is 13.3. The van der Waals surface area contributed by atoms with Crippen molar-refractivity contribution in [1.29, 1.82) is 0 Å². The zero-order valence-electron chi connectivity index (χ0n) is 15.2. The normalized spacial score (nSPS) is 22.3. The lowest BCUT2D eigenvalue weighted by molar-refractivity contribution is -0.146. The van der Waals surface area contributed by atoms with Crippen molar-refractivity contribution in [3.8, 4) is 0 Å². The van der Waals surface area contributed by atoms with Gasteiger partial charge in [-0.2, -0.15) is 0 Å². The highest BCUT2D eigenvalue weighted by Crippen LogP contribution is 2.30. The van der Waals surface area contributed by atoms with Gasteiger partial charge in [0, 0.05) is 31.7 Å². The molecule has 2 aliphatic heterocycles. The molecule has 2 aliphatic rings. The van der Waals surface area contributed by atoms with Crippen LogP contribution < -0.4 is 10.2 Å². The van der Waals surface area contributed by atoms with Crippen LogP contribution in [0.15, 0.2) is 54.6 Å². The van der Waals surface area contributed by atoms with Crippen LogP contribution in [-0.4, -0.2) is 42.3 Å². The lowest BCUT2D eigenvalue weighted by atomic mass is 9.99. The van der Waals surface area contributed by atoms with E-state index in [1.54, 1.807) is 4.90 Å². The van der Waals surface area contributed by atoms with Gasteiger partial charge in [0.25, 0.3) is 0 Å². The molecule has 0 saturated carbocycles. The molecule has 7 heteroatoms. The largest absolute Gasteiger partial charge is 0.352 e. The Bertz CT molecular complexity index is 901. The highest BCUT2D eigenvalue weighted by Gasteiger charge is 2.42. The summed E-state index contributed by atoms with van der Waals surface area (Å²) in [7, 11) is 0. The van der Waals surface area contributed by atoms with Crippen molar-refractivity contribution in [2.24, 2.45) is 5.92 Å². The van der Waals surface area contributed by atoms with Crippen molar-refractivity contribution in [2.75, 3.05) is 24.5 Å². The molecule has 144 valence electrons. The Balaban J connectivity index is 1.56. The van der Waals surface area contributed by atoms with E-state index >= 15 is 0 Å². The topological polar surface area (TPSA) is 69.7 Å². The van der Waals surface area contributed by atoms with Gasteiger partial charge in [-0.15, -0.1) is 0 Å². The fourth-order valence-corrected chi connectivity index (χ4v) is 3.85. The SMILES string of the molecule is O=C1NCCN(C(=O)C2CC(=O)N(c3ccccc3)C2)C1c1ccc(F)cc1. The maximum Gasteiger partial charge on any atom is 0.247 e. The van der Waals surface area contributed by atoms with Crippen molar-refractivity contribution < 1.29 is 18.8 Å². The van der Waals surface area contributed by atoms with Crippen LogP contribution >= 0.6 is 0 Å². The second-order valence-electron chi connectivity index (χ2n) is 7.02.